The highest BCUT2D eigenvalue weighted by atomic mass is 16.5. The van der Waals surface area contributed by atoms with Gasteiger partial charge in [0.25, 0.3) is 0 Å². The summed E-state index contributed by atoms with van der Waals surface area (Å²) < 4.78 is 4.32. The second kappa shape index (κ2) is 6.09. The average molecular weight is 163 g/mol. The maximum Gasteiger partial charge on any atom is 0.319 e. The van der Waals surface area contributed by atoms with E-state index in [-0.39, 0.29) is 19.7 Å². The third-order valence-corrected chi connectivity index (χ3v) is 1.09. The highest BCUT2D eigenvalue weighted by Gasteiger charge is 2.02. The lowest BCUT2D eigenvalue weighted by Crippen LogP contribution is -2.33. The zero-order valence-corrected chi connectivity index (χ0v) is 6.41. The van der Waals surface area contributed by atoms with Crippen LogP contribution in [0.3, 0.4) is 0 Å². The van der Waals surface area contributed by atoms with Gasteiger partial charge in [-0.2, -0.15) is 0 Å². The number of aliphatic hydroxyl groups is 2. The molecule has 0 rings (SSSR count). The van der Waals surface area contributed by atoms with Crippen LogP contribution in [-0.4, -0.2) is 49.1 Å². The van der Waals surface area contributed by atoms with Crippen molar-refractivity contribution in [3.63, 3.8) is 0 Å². The predicted octanol–water partition coefficient (Wildman–Crippen LogP) is -1.90. The molecule has 1 unspecified atom stereocenters. The number of esters is 1. The van der Waals surface area contributed by atoms with E-state index in [0.29, 0.717) is 0 Å². The van der Waals surface area contributed by atoms with Crippen LogP contribution in [0.2, 0.25) is 0 Å². The summed E-state index contributed by atoms with van der Waals surface area (Å²) in [5.74, 6) is -0.393. The minimum absolute atomic E-state index is 0.0492. The normalized spacial score (nSPS) is 12.6. The number of nitrogens with one attached hydrogen (secondary N) is 1. The van der Waals surface area contributed by atoms with Gasteiger partial charge in [0.2, 0.25) is 0 Å². The Labute approximate surface area is 65.0 Å². The van der Waals surface area contributed by atoms with E-state index in [1.54, 1.807) is 0 Å². The summed E-state index contributed by atoms with van der Waals surface area (Å²) >= 11 is 0. The molecule has 0 spiro atoms. The lowest BCUT2D eigenvalue weighted by molar-refractivity contribution is -0.139. The Morgan fingerprint density at radius 1 is 1.73 bits per heavy atom. The SMILES string of the molecule is COC(=O)CNCC(O)CO. The lowest BCUT2D eigenvalue weighted by Gasteiger charge is -2.06. The second-order valence-electron chi connectivity index (χ2n) is 2.04. The van der Waals surface area contributed by atoms with Crippen molar-refractivity contribution >= 4 is 5.97 Å². The molecule has 5 heteroatoms. The van der Waals surface area contributed by atoms with Crippen molar-refractivity contribution < 1.29 is 19.7 Å². The fraction of sp³-hybridized carbons (Fsp3) is 0.833. The highest BCUT2D eigenvalue weighted by molar-refractivity contribution is 5.71. The molecule has 5 nitrogen and oxygen atoms in total. The van der Waals surface area contributed by atoms with E-state index in [1.165, 1.54) is 7.11 Å². The van der Waals surface area contributed by atoms with Crippen LogP contribution in [0.1, 0.15) is 0 Å². The first-order valence-corrected chi connectivity index (χ1v) is 3.27. The van der Waals surface area contributed by atoms with Crippen LogP contribution in [0.25, 0.3) is 0 Å². The van der Waals surface area contributed by atoms with Gasteiger partial charge in [-0.3, -0.25) is 4.79 Å². The minimum Gasteiger partial charge on any atom is -0.468 e. The molecule has 0 saturated heterocycles. The lowest BCUT2D eigenvalue weighted by atomic mass is 10.4. The molecule has 0 heterocycles. The standard InChI is InChI=1S/C6H13NO4/c1-11-6(10)3-7-2-5(9)4-8/h5,7-9H,2-4H2,1H3. The molecule has 11 heavy (non-hydrogen) atoms. The highest BCUT2D eigenvalue weighted by Crippen LogP contribution is 1.76. The van der Waals surface area contributed by atoms with Crippen molar-refractivity contribution in [2.45, 2.75) is 6.10 Å². The number of aliphatic hydroxyl groups excluding tert-OH is 2. The predicted molar refractivity (Wildman–Crippen MR) is 38.0 cm³/mol. The van der Waals surface area contributed by atoms with E-state index in [1.807, 2.05) is 0 Å². The quantitative estimate of drug-likeness (QED) is 0.413. The Kier molecular flexibility index (Phi) is 5.73. The Bertz CT molecular complexity index is 117. The van der Waals surface area contributed by atoms with Gasteiger partial charge in [-0.15, -0.1) is 0 Å². The van der Waals surface area contributed by atoms with Crippen molar-refractivity contribution in [2.75, 3.05) is 26.8 Å². The van der Waals surface area contributed by atoms with Crippen molar-refractivity contribution in [2.24, 2.45) is 0 Å². The fourth-order valence-electron chi connectivity index (χ4n) is 0.478. The summed E-state index contributed by atoms with van der Waals surface area (Å²) in [6, 6.07) is 0. The summed E-state index contributed by atoms with van der Waals surface area (Å²) in [6.45, 7) is -0.0761. The molecule has 66 valence electrons. The van der Waals surface area contributed by atoms with E-state index >= 15 is 0 Å². The minimum atomic E-state index is -0.820. The number of methoxy groups -OCH3 is 1. The molecule has 0 radical (unpaired) electrons. The first-order chi connectivity index (χ1) is 5.20. The van der Waals surface area contributed by atoms with Gasteiger partial charge in [0.05, 0.1) is 26.4 Å². The Hall–Kier alpha value is -0.650. The van der Waals surface area contributed by atoms with Gasteiger partial charge in [0.1, 0.15) is 0 Å². The van der Waals surface area contributed by atoms with Crippen molar-refractivity contribution in [1.29, 1.82) is 0 Å². The van der Waals surface area contributed by atoms with E-state index in [0.717, 1.165) is 0 Å². The molecule has 0 saturated carbocycles. The number of hydrogen-bond acceptors (Lipinski definition) is 5. The van der Waals surface area contributed by atoms with Crippen LogP contribution in [0.15, 0.2) is 0 Å². The largest absolute Gasteiger partial charge is 0.468 e. The van der Waals surface area contributed by atoms with Crippen LogP contribution in [0, 0.1) is 0 Å². The third kappa shape index (κ3) is 5.78. The zero-order chi connectivity index (χ0) is 8.69. The van der Waals surface area contributed by atoms with Crippen LogP contribution >= 0.6 is 0 Å². The maximum atomic E-state index is 10.5. The van der Waals surface area contributed by atoms with E-state index in [9.17, 15) is 4.79 Å². The van der Waals surface area contributed by atoms with Crippen molar-refractivity contribution in [1.82, 2.24) is 5.32 Å². The molecule has 0 aromatic carbocycles. The van der Waals surface area contributed by atoms with Gasteiger partial charge >= 0.3 is 5.97 Å². The topological polar surface area (TPSA) is 78.8 Å². The van der Waals surface area contributed by atoms with Crippen molar-refractivity contribution in [3.8, 4) is 0 Å². The van der Waals surface area contributed by atoms with Gasteiger partial charge in [-0.25, -0.2) is 0 Å². The molecule has 0 aliphatic carbocycles. The van der Waals surface area contributed by atoms with Crippen molar-refractivity contribution in [3.05, 3.63) is 0 Å². The molecular weight excluding hydrogens is 150 g/mol. The zero-order valence-electron chi connectivity index (χ0n) is 6.41. The Morgan fingerprint density at radius 3 is 2.82 bits per heavy atom. The van der Waals surface area contributed by atoms with Gasteiger partial charge in [0.15, 0.2) is 0 Å². The number of hydrogen-bond donors (Lipinski definition) is 3. The summed E-state index contributed by atoms with van der Waals surface area (Å²) in [7, 11) is 1.28. The average Bonchev–Trinajstić information content (AvgIpc) is 2.04. The van der Waals surface area contributed by atoms with Gasteiger partial charge in [-0.05, 0) is 0 Å². The first kappa shape index (κ1) is 10.3. The molecule has 0 aromatic heterocycles. The second-order valence-corrected chi connectivity index (χ2v) is 2.04. The van der Waals surface area contributed by atoms with E-state index in [4.69, 9.17) is 10.2 Å². The van der Waals surface area contributed by atoms with Crippen LogP contribution in [0.4, 0.5) is 0 Å². The number of rotatable bonds is 5. The van der Waals surface area contributed by atoms with E-state index in [2.05, 4.69) is 10.1 Å². The summed E-state index contributed by atoms with van der Waals surface area (Å²) in [6.07, 6.45) is -0.820. The summed E-state index contributed by atoms with van der Waals surface area (Å²) in [4.78, 5) is 10.5. The fourth-order valence-corrected chi connectivity index (χ4v) is 0.478. The Balaban J connectivity index is 3.20. The molecule has 0 aliphatic heterocycles. The Morgan fingerprint density at radius 2 is 2.36 bits per heavy atom. The molecule has 3 N–H and O–H groups in total. The maximum absolute atomic E-state index is 10.5. The molecule has 0 bridgehead atoms. The van der Waals surface area contributed by atoms with Gasteiger partial charge in [-0.1, -0.05) is 0 Å². The molecule has 0 aromatic rings. The van der Waals surface area contributed by atoms with E-state index < -0.39 is 12.1 Å². The number of ether oxygens (including phenoxy) is 1. The molecule has 1 atom stereocenters. The first-order valence-electron chi connectivity index (χ1n) is 3.27. The van der Waals surface area contributed by atoms with Gasteiger partial charge in [0, 0.05) is 6.54 Å². The van der Waals surface area contributed by atoms with Crippen LogP contribution < -0.4 is 5.32 Å². The summed E-state index contributed by atoms with van der Waals surface area (Å²) in [5.41, 5.74) is 0. The number of carbonyl (C=O) groups is 1. The smallest absolute Gasteiger partial charge is 0.319 e. The monoisotopic (exact) mass is 163 g/mol. The molecule has 0 aliphatic rings. The third-order valence-electron chi connectivity index (χ3n) is 1.09. The number of carbonyl (C=O) groups excluding carboxylic acids is 1. The van der Waals surface area contributed by atoms with Gasteiger partial charge < -0.3 is 20.3 Å². The van der Waals surface area contributed by atoms with Crippen LogP contribution in [-0.2, 0) is 9.53 Å². The molecule has 0 fully saturated rings. The molecule has 0 amide bonds. The summed E-state index contributed by atoms with van der Waals surface area (Å²) in [5, 5.41) is 19.7. The van der Waals surface area contributed by atoms with Crippen LogP contribution in [0.5, 0.6) is 0 Å². The molecular formula is C6H13NO4.